The van der Waals surface area contributed by atoms with Crippen molar-refractivity contribution in [2.45, 2.75) is 13.0 Å². The van der Waals surface area contributed by atoms with E-state index in [1.165, 1.54) is 34.4 Å². The third-order valence-corrected chi connectivity index (χ3v) is 5.42. The molecular weight excluding hydrogens is 363 g/mol. The van der Waals surface area contributed by atoms with Crippen molar-refractivity contribution in [1.29, 1.82) is 0 Å². The van der Waals surface area contributed by atoms with Crippen molar-refractivity contribution in [3.63, 3.8) is 0 Å². The molecule has 27 heavy (non-hydrogen) atoms. The third kappa shape index (κ3) is 3.08. The maximum Gasteiger partial charge on any atom is 0.263 e. The SMILES string of the molecule is C[C@H](C(=O)c1ccccc1)n1cnc2scc(-c3ccc(F)cc3)c2c1=O. The standard InChI is InChI=1S/C21H15FN2O2S/c1-13(19(25)15-5-3-2-4-6-15)24-12-23-20-18(21(24)26)17(11-27-20)14-7-9-16(22)10-8-14/h2-13H,1H3/t13-/m1/s1. The first-order valence-electron chi connectivity index (χ1n) is 8.40. The molecule has 6 heteroatoms. The smallest absolute Gasteiger partial charge is 0.263 e. The van der Waals surface area contributed by atoms with Crippen LogP contribution in [0.4, 0.5) is 4.39 Å². The van der Waals surface area contributed by atoms with E-state index in [9.17, 15) is 14.0 Å². The normalized spacial score (nSPS) is 12.2. The highest BCUT2D eigenvalue weighted by Crippen LogP contribution is 2.31. The molecule has 0 aliphatic heterocycles. The van der Waals surface area contributed by atoms with Gasteiger partial charge in [-0.3, -0.25) is 14.2 Å². The Morgan fingerprint density at radius 3 is 2.52 bits per heavy atom. The van der Waals surface area contributed by atoms with E-state index >= 15 is 0 Å². The molecule has 1 atom stereocenters. The van der Waals surface area contributed by atoms with Gasteiger partial charge in [0, 0.05) is 16.5 Å². The molecule has 2 aromatic heterocycles. The number of aromatic nitrogens is 2. The van der Waals surface area contributed by atoms with Crippen molar-refractivity contribution in [3.05, 3.63) is 88.0 Å². The predicted octanol–water partition coefficient (Wildman–Crippen LogP) is 4.71. The fourth-order valence-electron chi connectivity index (χ4n) is 3.03. The van der Waals surface area contributed by atoms with Crippen LogP contribution in [0.3, 0.4) is 0 Å². The molecule has 0 spiro atoms. The Morgan fingerprint density at radius 2 is 1.81 bits per heavy atom. The lowest BCUT2D eigenvalue weighted by molar-refractivity contribution is 0.0932. The van der Waals surface area contributed by atoms with Gasteiger partial charge in [-0.1, -0.05) is 42.5 Å². The Kier molecular flexibility index (Phi) is 4.41. The van der Waals surface area contributed by atoms with Crippen LogP contribution < -0.4 is 5.56 Å². The number of hydrogen-bond donors (Lipinski definition) is 0. The van der Waals surface area contributed by atoms with E-state index in [0.717, 1.165) is 5.56 Å². The topological polar surface area (TPSA) is 52.0 Å². The van der Waals surface area contributed by atoms with Crippen molar-refractivity contribution in [2.75, 3.05) is 0 Å². The summed E-state index contributed by atoms with van der Waals surface area (Å²) in [6.45, 7) is 1.69. The molecule has 4 nitrogen and oxygen atoms in total. The summed E-state index contributed by atoms with van der Waals surface area (Å²) in [5, 5.41) is 2.28. The number of fused-ring (bicyclic) bond motifs is 1. The summed E-state index contributed by atoms with van der Waals surface area (Å²) >= 11 is 1.35. The lowest BCUT2D eigenvalue weighted by Gasteiger charge is -2.14. The zero-order valence-corrected chi connectivity index (χ0v) is 15.2. The molecule has 4 rings (SSSR count). The Balaban J connectivity index is 1.82. The highest BCUT2D eigenvalue weighted by molar-refractivity contribution is 7.17. The summed E-state index contributed by atoms with van der Waals surface area (Å²) < 4.78 is 14.6. The lowest BCUT2D eigenvalue weighted by atomic mass is 10.0. The number of carbonyl (C=O) groups excluding carboxylic acids is 1. The lowest BCUT2D eigenvalue weighted by Crippen LogP contribution is -2.28. The summed E-state index contributed by atoms with van der Waals surface area (Å²) in [6.07, 6.45) is 1.42. The molecule has 0 amide bonds. The third-order valence-electron chi connectivity index (χ3n) is 4.53. The molecule has 0 unspecified atom stereocenters. The largest absolute Gasteiger partial charge is 0.292 e. The van der Waals surface area contributed by atoms with Gasteiger partial charge in [0.25, 0.3) is 5.56 Å². The van der Waals surface area contributed by atoms with Crippen LogP contribution in [-0.4, -0.2) is 15.3 Å². The van der Waals surface area contributed by atoms with Crippen molar-refractivity contribution in [3.8, 4) is 11.1 Å². The summed E-state index contributed by atoms with van der Waals surface area (Å²) in [6, 6.07) is 14.2. The number of rotatable bonds is 4. The second kappa shape index (κ2) is 6.89. The van der Waals surface area contributed by atoms with Crippen molar-refractivity contribution in [1.82, 2.24) is 9.55 Å². The van der Waals surface area contributed by atoms with Gasteiger partial charge in [0.15, 0.2) is 5.78 Å². The van der Waals surface area contributed by atoms with E-state index in [0.29, 0.717) is 21.3 Å². The fraction of sp³-hybridized carbons (Fsp3) is 0.0952. The van der Waals surface area contributed by atoms with E-state index in [4.69, 9.17) is 0 Å². The first-order valence-corrected chi connectivity index (χ1v) is 9.28. The maximum atomic E-state index is 13.2. The van der Waals surface area contributed by atoms with Crippen LogP contribution in [0.2, 0.25) is 0 Å². The molecule has 0 aliphatic carbocycles. The van der Waals surface area contributed by atoms with Crippen molar-refractivity contribution in [2.24, 2.45) is 0 Å². The van der Waals surface area contributed by atoms with E-state index in [1.807, 2.05) is 11.4 Å². The van der Waals surface area contributed by atoms with Gasteiger partial charge in [0.05, 0.1) is 17.8 Å². The minimum Gasteiger partial charge on any atom is -0.292 e. The Morgan fingerprint density at radius 1 is 1.11 bits per heavy atom. The van der Waals surface area contributed by atoms with E-state index in [2.05, 4.69) is 4.98 Å². The number of halogens is 1. The van der Waals surface area contributed by atoms with E-state index in [-0.39, 0.29) is 17.2 Å². The Bertz CT molecular complexity index is 1180. The summed E-state index contributed by atoms with van der Waals surface area (Å²) in [5.41, 5.74) is 1.70. The highest BCUT2D eigenvalue weighted by Gasteiger charge is 2.21. The highest BCUT2D eigenvalue weighted by atomic mass is 32.1. The Labute approximate surface area is 158 Å². The molecule has 0 fully saturated rings. The Hall–Kier alpha value is -3.12. The molecule has 0 aliphatic rings. The van der Waals surface area contributed by atoms with Crippen molar-refractivity contribution < 1.29 is 9.18 Å². The van der Waals surface area contributed by atoms with Gasteiger partial charge < -0.3 is 0 Å². The maximum absolute atomic E-state index is 13.2. The number of carbonyl (C=O) groups is 1. The van der Waals surface area contributed by atoms with Gasteiger partial charge in [-0.25, -0.2) is 9.37 Å². The first kappa shape index (κ1) is 17.3. The van der Waals surface area contributed by atoms with E-state index < -0.39 is 6.04 Å². The average molecular weight is 378 g/mol. The van der Waals surface area contributed by atoms with Crippen LogP contribution in [0.15, 0.2) is 71.1 Å². The zero-order valence-electron chi connectivity index (χ0n) is 14.4. The second-order valence-electron chi connectivity index (χ2n) is 6.20. The summed E-state index contributed by atoms with van der Waals surface area (Å²) in [5.74, 6) is -0.492. The molecule has 0 saturated carbocycles. The number of nitrogens with zero attached hydrogens (tertiary/aromatic N) is 2. The summed E-state index contributed by atoms with van der Waals surface area (Å²) in [7, 11) is 0. The predicted molar refractivity (Wildman–Crippen MR) is 105 cm³/mol. The van der Waals surface area contributed by atoms with Crippen LogP contribution in [0.1, 0.15) is 23.3 Å². The van der Waals surface area contributed by atoms with Gasteiger partial charge >= 0.3 is 0 Å². The van der Waals surface area contributed by atoms with Gasteiger partial charge in [-0.05, 0) is 24.6 Å². The molecule has 0 saturated heterocycles. The number of ketones is 1. The first-order chi connectivity index (χ1) is 13.1. The molecule has 4 aromatic rings. The van der Waals surface area contributed by atoms with Crippen LogP contribution >= 0.6 is 11.3 Å². The number of Topliss-reactive ketones (excluding diaryl/α,β-unsaturated/α-hetero) is 1. The van der Waals surface area contributed by atoms with Gasteiger partial charge in [0.2, 0.25) is 0 Å². The number of thiophene rings is 1. The van der Waals surface area contributed by atoms with Gasteiger partial charge in [-0.2, -0.15) is 0 Å². The molecule has 134 valence electrons. The monoisotopic (exact) mass is 378 g/mol. The molecule has 2 aromatic carbocycles. The van der Waals surface area contributed by atoms with Crippen LogP contribution in [0.25, 0.3) is 21.3 Å². The minimum absolute atomic E-state index is 0.155. The average Bonchev–Trinajstić information content (AvgIpc) is 3.13. The minimum atomic E-state index is -0.683. The fourth-order valence-corrected chi connectivity index (χ4v) is 3.94. The summed E-state index contributed by atoms with van der Waals surface area (Å²) in [4.78, 5) is 30.8. The zero-order chi connectivity index (χ0) is 19.0. The molecule has 0 N–H and O–H groups in total. The van der Waals surface area contributed by atoms with E-state index in [1.54, 1.807) is 43.3 Å². The number of benzene rings is 2. The molecular formula is C21H15FN2O2S. The van der Waals surface area contributed by atoms with Crippen LogP contribution in [0, 0.1) is 5.82 Å². The van der Waals surface area contributed by atoms with Gasteiger partial charge in [-0.15, -0.1) is 11.3 Å². The van der Waals surface area contributed by atoms with Gasteiger partial charge in [0.1, 0.15) is 10.6 Å². The molecule has 2 heterocycles. The molecule has 0 radical (unpaired) electrons. The van der Waals surface area contributed by atoms with Crippen molar-refractivity contribution >= 4 is 27.3 Å². The second-order valence-corrected chi connectivity index (χ2v) is 7.06. The number of hydrogen-bond acceptors (Lipinski definition) is 4. The van der Waals surface area contributed by atoms with Crippen LogP contribution in [-0.2, 0) is 0 Å². The van der Waals surface area contributed by atoms with Crippen LogP contribution in [0.5, 0.6) is 0 Å². The molecule has 0 bridgehead atoms. The quantitative estimate of drug-likeness (QED) is 0.483.